The van der Waals surface area contributed by atoms with Gasteiger partial charge in [-0.3, -0.25) is 0 Å². The molecule has 85 heavy (non-hydrogen) atoms. The summed E-state index contributed by atoms with van der Waals surface area (Å²) in [5.41, 5.74) is 23.7. The summed E-state index contributed by atoms with van der Waals surface area (Å²) in [5, 5.41) is 13.3. The Labute approximate surface area is 505 Å². The van der Waals surface area contributed by atoms with Gasteiger partial charge in [0.15, 0.2) is 0 Å². The Morgan fingerprint density at radius 2 is 0.447 bits per heavy atom. The Kier molecular flexibility index (Phi) is 11.7. The molecule has 4 heterocycles. The van der Waals surface area contributed by atoms with E-state index in [-0.39, 0.29) is 20.4 Å². The molecule has 3 aliphatic rings. The van der Waals surface area contributed by atoms with Crippen molar-refractivity contribution in [2.75, 3.05) is 0 Å². The molecule has 2 aromatic heterocycles. The summed E-state index contributed by atoms with van der Waals surface area (Å²) in [4.78, 5) is 24.8. The fraction of sp³-hybridized carbons (Fsp3) is 0.0500. The summed E-state index contributed by atoms with van der Waals surface area (Å²) in [6.07, 6.45) is 0. The van der Waals surface area contributed by atoms with Crippen molar-refractivity contribution in [2.45, 2.75) is 27.7 Å². The number of nitrogens with zero attached hydrogens (tertiary/aromatic N) is 4. The Morgan fingerprint density at radius 3 is 0.659 bits per heavy atom. The quantitative estimate of drug-likeness (QED) is 0.165. The Morgan fingerprint density at radius 1 is 0.235 bits per heavy atom. The number of fused-ring (bicyclic) bond motifs is 4. The fourth-order valence-corrected chi connectivity index (χ4v) is 13.7. The zero-order valence-corrected chi connectivity index (χ0v) is 48.8. The van der Waals surface area contributed by atoms with Crippen LogP contribution in [-0.4, -0.2) is 9.97 Å². The van der Waals surface area contributed by atoms with E-state index >= 15 is 0 Å². The van der Waals surface area contributed by atoms with Gasteiger partial charge < -0.3 is 9.97 Å². The predicted octanol–water partition coefficient (Wildman–Crippen LogP) is 21.1. The molecule has 0 amide bonds. The van der Waals surface area contributed by atoms with Crippen molar-refractivity contribution in [3.63, 3.8) is 0 Å². The average molecular weight is 1180 g/mol. The van der Waals surface area contributed by atoms with Crippen molar-refractivity contribution < 1.29 is 20.4 Å². The van der Waals surface area contributed by atoms with Gasteiger partial charge in [-0.05, 0) is 185 Å². The zero-order chi connectivity index (χ0) is 55.9. The molecule has 0 atom stereocenters. The van der Waals surface area contributed by atoms with Gasteiger partial charge in [-0.2, -0.15) is 0 Å². The molecule has 0 saturated carbocycles. The van der Waals surface area contributed by atoms with Crippen molar-refractivity contribution in [1.82, 2.24) is 19.9 Å². The molecular formula is C80H52N4Pd. The van der Waals surface area contributed by atoms with Crippen LogP contribution in [0, 0.1) is 27.7 Å². The van der Waals surface area contributed by atoms with E-state index in [9.17, 15) is 0 Å². The van der Waals surface area contributed by atoms with Crippen molar-refractivity contribution >= 4 is 86.7 Å². The molecular weight excluding hydrogens is 1120 g/mol. The smallest absolute Gasteiger partial charge is 0.656 e. The normalized spacial score (nSPS) is 11.9. The first kappa shape index (κ1) is 50.7. The van der Waals surface area contributed by atoms with Gasteiger partial charge in [0, 0.05) is 22.3 Å². The van der Waals surface area contributed by atoms with Gasteiger partial charge >= 0.3 is 20.4 Å². The van der Waals surface area contributed by atoms with E-state index in [2.05, 4.69) is 270 Å². The molecule has 0 unspecified atom stereocenters. The zero-order valence-electron chi connectivity index (χ0n) is 47.2. The molecule has 12 aromatic carbocycles. The average Bonchev–Trinajstić information content (AvgIpc) is 2.07. The van der Waals surface area contributed by atoms with Crippen LogP contribution in [0.2, 0.25) is 0 Å². The number of aromatic nitrogens is 4. The van der Waals surface area contributed by atoms with Gasteiger partial charge in [-0.1, -0.05) is 216 Å². The molecule has 0 radical (unpaired) electrons. The summed E-state index contributed by atoms with van der Waals surface area (Å²) in [5.74, 6) is 0. The minimum Gasteiger partial charge on any atom is -0.656 e. The predicted molar refractivity (Wildman–Crippen MR) is 354 cm³/mol. The standard InChI is InChI=1S/C80H52N4.Pd/c1-45-17-13-29-57(33-45)69-73-61-37-49-21-5-7-23-51(49)39-63(61)75(81-73)70(58-30-14-18-46(2)34-58)77-65-41-53-25-9-11-27-55(53)43-67(65)79(83-77)72(60-32-16-20-48(4)36-60)80-68-44-56-28-12-10-26-54(56)42-66(68)78(84-80)71(59-31-15-19-47(3)35-59)76-64-40-52-24-8-6-22-50(52)38-62(64)74(69)82-76;/h5-44H,1-4H3;/q-2;+2. The van der Waals surface area contributed by atoms with E-state index < -0.39 is 0 Å². The van der Waals surface area contributed by atoms with E-state index in [0.29, 0.717) is 0 Å². The molecule has 0 fully saturated rings. The van der Waals surface area contributed by atoms with Crippen molar-refractivity contribution in [1.29, 1.82) is 0 Å². The minimum absolute atomic E-state index is 0. The van der Waals surface area contributed by atoms with Gasteiger partial charge in [0.25, 0.3) is 0 Å². The van der Waals surface area contributed by atoms with Crippen LogP contribution in [-0.2, 0) is 20.4 Å². The molecule has 0 spiro atoms. The topological polar surface area (TPSA) is 54.0 Å². The molecule has 5 heteroatoms. The van der Waals surface area contributed by atoms with Gasteiger partial charge in [0.1, 0.15) is 0 Å². The summed E-state index contributed by atoms with van der Waals surface area (Å²) >= 11 is 0. The largest absolute Gasteiger partial charge is 2.00 e. The van der Waals surface area contributed by atoms with E-state index in [1.165, 1.54) is 0 Å². The van der Waals surface area contributed by atoms with Gasteiger partial charge in [0.2, 0.25) is 0 Å². The van der Waals surface area contributed by atoms with Crippen LogP contribution in [0.1, 0.15) is 22.3 Å². The molecule has 0 N–H and O–H groups in total. The maximum atomic E-state index is 6.21. The number of hydrogen-bond donors (Lipinski definition) is 0. The van der Waals surface area contributed by atoms with Gasteiger partial charge in [-0.25, -0.2) is 9.97 Å². The van der Waals surface area contributed by atoms with Crippen LogP contribution in [0.3, 0.4) is 0 Å². The SMILES string of the molecule is Cc1cccc(-c2c3nc(c(-c4cccc(C)c4)c4[n-]c(c(-c5cccc(C)c5)c5nc(c(-c6cccc(C)c6)c6[n-]c2c2cc7ccccc7cc62)-c2cc6ccccc6cc2-5)c2cc5ccccc5cc42)-c2cc4ccccc4cc2-3)c1.[Pd+2]. The second kappa shape index (κ2) is 19.5. The fourth-order valence-electron chi connectivity index (χ4n) is 13.7. The van der Waals surface area contributed by atoms with Crippen LogP contribution < -0.4 is 9.97 Å². The Hall–Kier alpha value is -10.0. The third-order valence-electron chi connectivity index (χ3n) is 17.6. The molecule has 0 saturated heterocycles. The number of aryl methyl sites for hydroxylation is 4. The third-order valence-corrected chi connectivity index (χ3v) is 17.6. The van der Waals surface area contributed by atoms with E-state index in [1.54, 1.807) is 0 Å². The second-order valence-corrected chi connectivity index (χ2v) is 23.2. The van der Waals surface area contributed by atoms with Crippen LogP contribution in [0.5, 0.6) is 0 Å². The monoisotopic (exact) mass is 1170 g/mol. The Bertz CT molecular complexity index is 4890. The maximum absolute atomic E-state index is 6.21. The maximum Gasteiger partial charge on any atom is 2.00 e. The van der Waals surface area contributed by atoms with Crippen LogP contribution in [0.15, 0.2) is 243 Å². The van der Waals surface area contributed by atoms with Crippen molar-refractivity contribution in [3.05, 3.63) is 265 Å². The van der Waals surface area contributed by atoms with Gasteiger partial charge in [-0.15, -0.1) is 22.1 Å². The Balaban J connectivity index is 0.00000588. The summed E-state index contributed by atoms with van der Waals surface area (Å²) in [6, 6.07) is 89.5. The first-order chi connectivity index (χ1) is 41.2. The van der Waals surface area contributed by atoms with Crippen molar-refractivity contribution in [3.8, 4) is 89.5 Å². The van der Waals surface area contributed by atoms with E-state index in [4.69, 9.17) is 19.9 Å². The molecule has 402 valence electrons. The molecule has 14 aromatic rings. The van der Waals surface area contributed by atoms with Crippen LogP contribution >= 0.6 is 0 Å². The van der Waals surface area contributed by atoms with E-state index in [0.717, 1.165) is 198 Å². The number of hydrogen-bond acceptors (Lipinski definition) is 2. The summed E-state index contributed by atoms with van der Waals surface area (Å²) in [7, 11) is 0. The number of rotatable bonds is 4. The molecule has 2 aliphatic heterocycles. The first-order valence-corrected chi connectivity index (χ1v) is 29.0. The molecule has 17 rings (SSSR count). The van der Waals surface area contributed by atoms with E-state index in [1.807, 2.05) is 0 Å². The van der Waals surface area contributed by atoms with Gasteiger partial charge in [0.05, 0.1) is 22.8 Å². The summed E-state index contributed by atoms with van der Waals surface area (Å²) < 4.78 is 0. The molecule has 1 aliphatic carbocycles. The second-order valence-electron chi connectivity index (χ2n) is 23.2. The van der Waals surface area contributed by atoms with Crippen LogP contribution in [0.4, 0.5) is 0 Å². The number of benzene rings is 12. The summed E-state index contributed by atoms with van der Waals surface area (Å²) in [6.45, 7) is 8.73. The minimum atomic E-state index is 0. The third kappa shape index (κ3) is 8.07. The molecule has 8 bridgehead atoms. The van der Waals surface area contributed by atoms with Crippen LogP contribution in [0.25, 0.3) is 176 Å². The van der Waals surface area contributed by atoms with Crippen molar-refractivity contribution in [2.24, 2.45) is 0 Å². The first-order valence-electron chi connectivity index (χ1n) is 29.0. The molecule has 4 nitrogen and oxygen atoms in total.